The summed E-state index contributed by atoms with van der Waals surface area (Å²) in [5, 5.41) is 0. The standard InChI is InChI=1S/C7H7F6/c1-2-3-5(7(11,12)13)4-6(8,9)10/h3H,1-2,4H2/b5-3-. The van der Waals surface area contributed by atoms with Crippen molar-refractivity contribution >= 4 is 0 Å². The van der Waals surface area contributed by atoms with Crippen LogP contribution in [-0.2, 0) is 0 Å². The molecule has 13 heavy (non-hydrogen) atoms. The van der Waals surface area contributed by atoms with Gasteiger partial charge in [-0.05, 0) is 13.3 Å². The van der Waals surface area contributed by atoms with Crippen LogP contribution in [0, 0.1) is 6.92 Å². The molecule has 0 aliphatic carbocycles. The van der Waals surface area contributed by atoms with Crippen LogP contribution in [0.4, 0.5) is 26.3 Å². The van der Waals surface area contributed by atoms with E-state index in [2.05, 4.69) is 6.92 Å². The molecule has 0 N–H and O–H groups in total. The van der Waals surface area contributed by atoms with Gasteiger partial charge in [-0.2, -0.15) is 26.3 Å². The molecule has 0 saturated carbocycles. The highest BCUT2D eigenvalue weighted by Gasteiger charge is 2.40. The van der Waals surface area contributed by atoms with Crippen molar-refractivity contribution in [2.75, 3.05) is 0 Å². The van der Waals surface area contributed by atoms with Crippen LogP contribution in [0.2, 0.25) is 0 Å². The summed E-state index contributed by atoms with van der Waals surface area (Å²) in [6, 6.07) is 0. The fourth-order valence-electron chi connectivity index (χ4n) is 0.678. The van der Waals surface area contributed by atoms with Crippen molar-refractivity contribution in [3.8, 4) is 0 Å². The van der Waals surface area contributed by atoms with Gasteiger partial charge >= 0.3 is 12.4 Å². The van der Waals surface area contributed by atoms with Crippen LogP contribution < -0.4 is 0 Å². The van der Waals surface area contributed by atoms with Gasteiger partial charge in [0, 0.05) is 5.57 Å². The highest BCUT2D eigenvalue weighted by atomic mass is 19.4. The maximum Gasteiger partial charge on any atom is 0.412 e. The van der Waals surface area contributed by atoms with Gasteiger partial charge in [0.25, 0.3) is 0 Å². The Morgan fingerprint density at radius 3 is 1.77 bits per heavy atom. The summed E-state index contributed by atoms with van der Waals surface area (Å²) in [6.45, 7) is 3.03. The predicted molar refractivity (Wildman–Crippen MR) is 34.8 cm³/mol. The Balaban J connectivity index is 4.57. The van der Waals surface area contributed by atoms with Crippen molar-refractivity contribution < 1.29 is 26.3 Å². The van der Waals surface area contributed by atoms with E-state index in [1.165, 1.54) is 0 Å². The lowest BCUT2D eigenvalue weighted by Gasteiger charge is -2.13. The summed E-state index contributed by atoms with van der Waals surface area (Å²) in [7, 11) is 0. The smallest absolute Gasteiger partial charge is 0.171 e. The molecule has 0 bridgehead atoms. The zero-order valence-corrected chi connectivity index (χ0v) is 6.47. The quantitative estimate of drug-likeness (QED) is 0.476. The van der Waals surface area contributed by atoms with Gasteiger partial charge in [0.2, 0.25) is 0 Å². The van der Waals surface area contributed by atoms with Gasteiger partial charge in [-0.25, -0.2) is 0 Å². The molecule has 0 amide bonds. The van der Waals surface area contributed by atoms with E-state index >= 15 is 0 Å². The Hall–Kier alpha value is -0.680. The molecule has 0 aromatic rings. The third kappa shape index (κ3) is 5.54. The molecule has 77 valence electrons. The molecule has 0 aromatic heterocycles. The summed E-state index contributed by atoms with van der Waals surface area (Å²) in [4.78, 5) is 0. The van der Waals surface area contributed by atoms with Crippen molar-refractivity contribution in [1.82, 2.24) is 0 Å². The molecule has 0 fully saturated rings. The molecule has 0 unspecified atom stereocenters. The minimum Gasteiger partial charge on any atom is -0.171 e. The van der Waals surface area contributed by atoms with Crippen LogP contribution in [0.3, 0.4) is 0 Å². The average molecular weight is 205 g/mol. The van der Waals surface area contributed by atoms with Crippen LogP contribution in [0.5, 0.6) is 0 Å². The van der Waals surface area contributed by atoms with Crippen molar-refractivity contribution in [2.45, 2.75) is 25.2 Å². The Morgan fingerprint density at radius 1 is 1.08 bits per heavy atom. The van der Waals surface area contributed by atoms with Crippen LogP contribution in [-0.4, -0.2) is 12.4 Å². The summed E-state index contributed by atoms with van der Waals surface area (Å²) >= 11 is 0. The van der Waals surface area contributed by atoms with Gasteiger partial charge in [0.1, 0.15) is 0 Å². The normalized spacial score (nSPS) is 14.8. The van der Waals surface area contributed by atoms with Crippen LogP contribution in [0.15, 0.2) is 11.6 Å². The zero-order chi connectivity index (χ0) is 10.7. The first-order chi connectivity index (χ1) is 5.67. The lowest BCUT2D eigenvalue weighted by atomic mass is 10.1. The van der Waals surface area contributed by atoms with Crippen molar-refractivity contribution in [3.63, 3.8) is 0 Å². The van der Waals surface area contributed by atoms with Crippen LogP contribution in [0.25, 0.3) is 0 Å². The molecule has 0 nitrogen and oxygen atoms in total. The molecule has 0 aliphatic rings. The molecule has 0 aliphatic heterocycles. The van der Waals surface area contributed by atoms with E-state index in [1.54, 1.807) is 0 Å². The molecular weight excluding hydrogens is 198 g/mol. The summed E-state index contributed by atoms with van der Waals surface area (Å²) in [5.74, 6) is 0. The van der Waals surface area contributed by atoms with Crippen molar-refractivity contribution in [1.29, 1.82) is 0 Å². The van der Waals surface area contributed by atoms with Crippen LogP contribution in [0.1, 0.15) is 12.8 Å². The molecule has 1 radical (unpaired) electrons. The molecule has 0 atom stereocenters. The van der Waals surface area contributed by atoms with Gasteiger partial charge in [0.05, 0.1) is 6.42 Å². The predicted octanol–water partition coefficient (Wildman–Crippen LogP) is 3.65. The molecule has 0 saturated heterocycles. The SMILES string of the molecule is [CH2]C/C=C(/CC(F)(F)F)C(F)(F)F. The van der Waals surface area contributed by atoms with Gasteiger partial charge in [-0.15, -0.1) is 0 Å². The number of alkyl halides is 6. The number of rotatable bonds is 2. The van der Waals surface area contributed by atoms with E-state index in [-0.39, 0.29) is 6.42 Å². The van der Waals surface area contributed by atoms with Gasteiger partial charge in [-0.1, -0.05) is 6.08 Å². The lowest BCUT2D eigenvalue weighted by molar-refractivity contribution is -0.151. The highest BCUT2D eigenvalue weighted by molar-refractivity contribution is 5.10. The minimum absolute atomic E-state index is 0.315. The monoisotopic (exact) mass is 205 g/mol. The third-order valence-corrected chi connectivity index (χ3v) is 1.15. The topological polar surface area (TPSA) is 0 Å². The maximum absolute atomic E-state index is 11.8. The Labute approximate surface area is 71.2 Å². The second kappa shape index (κ2) is 4.02. The first-order valence-corrected chi connectivity index (χ1v) is 3.29. The second-order valence-corrected chi connectivity index (χ2v) is 2.31. The largest absolute Gasteiger partial charge is 0.412 e. The molecule has 0 heterocycles. The Morgan fingerprint density at radius 2 is 1.54 bits per heavy atom. The average Bonchev–Trinajstić information content (AvgIpc) is 1.81. The van der Waals surface area contributed by atoms with Crippen molar-refractivity contribution in [3.05, 3.63) is 18.6 Å². The minimum atomic E-state index is -4.92. The number of allylic oxidation sites excluding steroid dienone is 2. The number of hydrogen-bond acceptors (Lipinski definition) is 0. The van der Waals surface area contributed by atoms with Gasteiger partial charge in [0.15, 0.2) is 0 Å². The van der Waals surface area contributed by atoms with E-state index < -0.39 is 24.3 Å². The van der Waals surface area contributed by atoms with Crippen molar-refractivity contribution in [2.24, 2.45) is 0 Å². The van der Waals surface area contributed by atoms with E-state index in [9.17, 15) is 26.3 Å². The summed E-state index contributed by atoms with van der Waals surface area (Å²) in [5.41, 5.74) is -1.59. The van der Waals surface area contributed by atoms with Gasteiger partial charge < -0.3 is 0 Å². The first-order valence-electron chi connectivity index (χ1n) is 3.29. The fourth-order valence-corrected chi connectivity index (χ4v) is 0.678. The molecule has 0 aromatic carbocycles. The number of halogens is 6. The van der Waals surface area contributed by atoms with E-state index in [1.807, 2.05) is 0 Å². The summed E-state index contributed by atoms with van der Waals surface area (Å²) < 4.78 is 70.3. The van der Waals surface area contributed by atoms with E-state index in [4.69, 9.17) is 0 Å². The first kappa shape index (κ1) is 12.3. The highest BCUT2D eigenvalue weighted by Crippen LogP contribution is 2.35. The lowest BCUT2D eigenvalue weighted by Crippen LogP contribution is -2.19. The van der Waals surface area contributed by atoms with E-state index in [0.29, 0.717) is 6.08 Å². The Bertz CT molecular complexity index is 184. The van der Waals surface area contributed by atoms with E-state index in [0.717, 1.165) is 0 Å². The maximum atomic E-state index is 11.8. The molecule has 0 rings (SSSR count). The zero-order valence-electron chi connectivity index (χ0n) is 6.47. The number of hydrogen-bond donors (Lipinski definition) is 0. The molecular formula is C7H7F6. The molecule has 0 spiro atoms. The summed E-state index contributed by atoms with van der Waals surface area (Å²) in [6.07, 6.45) is -11.6. The van der Waals surface area contributed by atoms with Gasteiger partial charge in [-0.3, -0.25) is 0 Å². The Kier molecular flexibility index (Phi) is 3.81. The second-order valence-electron chi connectivity index (χ2n) is 2.31. The molecule has 6 heteroatoms. The fraction of sp³-hybridized carbons (Fsp3) is 0.571. The van der Waals surface area contributed by atoms with Crippen LogP contribution >= 0.6 is 0 Å². The third-order valence-electron chi connectivity index (χ3n) is 1.15.